The van der Waals surface area contributed by atoms with Crippen molar-refractivity contribution in [3.63, 3.8) is 0 Å². The first-order valence-electron chi connectivity index (χ1n) is 5.77. The van der Waals surface area contributed by atoms with Crippen molar-refractivity contribution in [2.75, 3.05) is 38.4 Å². The Morgan fingerprint density at radius 2 is 2.10 bits per heavy atom. The van der Waals surface area contributed by atoms with Crippen LogP contribution in [0.3, 0.4) is 0 Å². The third-order valence-electron chi connectivity index (χ3n) is 2.73. The molecule has 0 heterocycles. The number of carbonyl (C=O) groups excluding carboxylic acids is 1. The maximum atomic E-state index is 12.3. The fourth-order valence-corrected chi connectivity index (χ4v) is 3.37. The summed E-state index contributed by atoms with van der Waals surface area (Å²) in [6, 6.07) is 4.02. The van der Waals surface area contributed by atoms with Gasteiger partial charge in [-0.25, -0.2) is 17.5 Å². The lowest BCUT2D eigenvalue weighted by Crippen LogP contribution is -2.29. The molecule has 0 aromatic heterocycles. The van der Waals surface area contributed by atoms with Gasteiger partial charge in [0.2, 0.25) is 10.0 Å². The van der Waals surface area contributed by atoms with Gasteiger partial charge in [0, 0.05) is 19.3 Å². The molecule has 112 valence electrons. The molecule has 1 aromatic rings. The minimum Gasteiger partial charge on any atom is -0.465 e. The first-order chi connectivity index (χ1) is 9.34. The third kappa shape index (κ3) is 3.65. The number of nitrogens with two attached hydrogens (primary N) is 1. The van der Waals surface area contributed by atoms with Gasteiger partial charge < -0.3 is 10.5 Å². The van der Waals surface area contributed by atoms with Crippen LogP contribution in [0.1, 0.15) is 10.4 Å². The Labute approximate surface area is 123 Å². The van der Waals surface area contributed by atoms with Crippen molar-refractivity contribution in [1.29, 1.82) is 0 Å². The van der Waals surface area contributed by atoms with Gasteiger partial charge in [0.05, 0.1) is 18.4 Å². The van der Waals surface area contributed by atoms with Gasteiger partial charge in [0.15, 0.2) is 0 Å². The molecule has 0 unspecified atom stereocenters. The van der Waals surface area contributed by atoms with E-state index in [2.05, 4.69) is 4.74 Å². The second-order valence-electron chi connectivity index (χ2n) is 4.06. The summed E-state index contributed by atoms with van der Waals surface area (Å²) in [5.74, 6) is 0.131. The van der Waals surface area contributed by atoms with Crippen molar-refractivity contribution in [2.45, 2.75) is 4.90 Å². The molecule has 1 aromatic carbocycles. The molecule has 0 fully saturated rings. The highest BCUT2D eigenvalue weighted by atomic mass is 32.2. The van der Waals surface area contributed by atoms with E-state index in [1.165, 1.54) is 36.7 Å². The summed E-state index contributed by atoms with van der Waals surface area (Å²) < 4.78 is 30.5. The average molecular weight is 318 g/mol. The van der Waals surface area contributed by atoms with E-state index in [0.717, 1.165) is 0 Å². The molecule has 8 heteroatoms. The number of benzene rings is 1. The summed E-state index contributed by atoms with van der Waals surface area (Å²) in [7, 11) is -0.900. The minimum absolute atomic E-state index is 0.00578. The summed E-state index contributed by atoms with van der Waals surface area (Å²) in [4.78, 5) is 11.4. The van der Waals surface area contributed by atoms with Crippen LogP contribution in [0, 0.1) is 0 Å². The Hall–Kier alpha value is -1.25. The van der Waals surface area contributed by atoms with Gasteiger partial charge in [0.1, 0.15) is 4.90 Å². The number of hydrogen-bond donors (Lipinski definition) is 1. The molecule has 0 amide bonds. The zero-order valence-corrected chi connectivity index (χ0v) is 13.3. The van der Waals surface area contributed by atoms with Gasteiger partial charge in [-0.05, 0) is 24.5 Å². The Morgan fingerprint density at radius 1 is 1.45 bits per heavy atom. The smallest absolute Gasteiger partial charge is 0.337 e. The predicted octanol–water partition coefficient (Wildman–Crippen LogP) is 1.04. The minimum atomic E-state index is -3.65. The molecule has 0 aliphatic heterocycles. The molecule has 0 atom stereocenters. The van der Waals surface area contributed by atoms with Crippen LogP contribution in [-0.4, -0.2) is 51.4 Å². The first-order valence-corrected chi connectivity index (χ1v) is 8.61. The van der Waals surface area contributed by atoms with Crippen molar-refractivity contribution in [3.05, 3.63) is 23.8 Å². The van der Waals surface area contributed by atoms with Gasteiger partial charge in [-0.1, -0.05) is 0 Å². The Morgan fingerprint density at radius 3 is 2.60 bits per heavy atom. The first kappa shape index (κ1) is 16.8. The number of nitrogens with zero attached hydrogens (tertiary/aromatic N) is 1. The summed E-state index contributed by atoms with van der Waals surface area (Å²) in [5.41, 5.74) is 6.00. The van der Waals surface area contributed by atoms with Gasteiger partial charge in [-0.3, -0.25) is 0 Å². The number of carbonyl (C=O) groups is 1. The standard InChI is InChI=1S/C12H18N2O4S2/c1-14(6-7-19-3)20(16,17)11-5-4-9(8-10(11)13)12(15)18-2/h4-5,8H,6-7,13H2,1-3H3. The molecule has 0 saturated carbocycles. The summed E-state index contributed by atoms with van der Waals surface area (Å²) >= 11 is 1.56. The summed E-state index contributed by atoms with van der Waals surface area (Å²) in [6.07, 6.45) is 1.90. The normalized spacial score (nSPS) is 11.6. The average Bonchev–Trinajstić information content (AvgIpc) is 2.43. The molecule has 6 nitrogen and oxygen atoms in total. The van der Waals surface area contributed by atoms with Crippen LogP contribution in [0.25, 0.3) is 0 Å². The quantitative estimate of drug-likeness (QED) is 0.622. The summed E-state index contributed by atoms with van der Waals surface area (Å²) in [5, 5.41) is 0. The number of ether oxygens (including phenoxy) is 1. The molecule has 1 rings (SSSR count). The van der Waals surface area contributed by atoms with Crippen LogP contribution in [0.2, 0.25) is 0 Å². The van der Waals surface area contributed by atoms with Crippen LogP contribution in [0.15, 0.2) is 23.1 Å². The highest BCUT2D eigenvalue weighted by molar-refractivity contribution is 7.98. The Bertz CT molecular complexity index is 587. The molecule has 20 heavy (non-hydrogen) atoms. The van der Waals surface area contributed by atoms with E-state index < -0.39 is 16.0 Å². The van der Waals surface area contributed by atoms with Crippen LogP contribution in [0.4, 0.5) is 5.69 Å². The van der Waals surface area contributed by atoms with Crippen molar-refractivity contribution in [1.82, 2.24) is 4.31 Å². The zero-order chi connectivity index (χ0) is 15.3. The van der Waals surface area contributed by atoms with E-state index in [4.69, 9.17) is 5.73 Å². The molecular formula is C12H18N2O4S2. The topological polar surface area (TPSA) is 89.7 Å². The molecule has 2 N–H and O–H groups in total. The molecule has 0 aliphatic rings. The molecule has 0 spiro atoms. The number of nitrogen functional groups attached to an aromatic ring is 1. The highest BCUT2D eigenvalue weighted by Crippen LogP contribution is 2.23. The number of hydrogen-bond acceptors (Lipinski definition) is 6. The Balaban J connectivity index is 3.10. The number of thioether (sulfide) groups is 1. The van der Waals surface area contributed by atoms with Crippen molar-refractivity contribution in [3.8, 4) is 0 Å². The maximum absolute atomic E-state index is 12.3. The molecule has 0 radical (unpaired) electrons. The SMILES string of the molecule is COC(=O)c1ccc(S(=O)(=O)N(C)CCSC)c(N)c1. The molecule has 0 bridgehead atoms. The van der Waals surface area contributed by atoms with Crippen LogP contribution < -0.4 is 5.73 Å². The number of methoxy groups -OCH3 is 1. The van der Waals surface area contributed by atoms with Crippen molar-refractivity contribution >= 4 is 33.4 Å². The molecule has 0 saturated heterocycles. The molecular weight excluding hydrogens is 300 g/mol. The lowest BCUT2D eigenvalue weighted by atomic mass is 10.2. The lowest BCUT2D eigenvalue weighted by molar-refractivity contribution is 0.0600. The van der Waals surface area contributed by atoms with Crippen LogP contribution >= 0.6 is 11.8 Å². The fourth-order valence-electron chi connectivity index (χ4n) is 1.54. The van der Waals surface area contributed by atoms with E-state index in [1.54, 1.807) is 11.8 Å². The Kier molecular flexibility index (Phi) is 5.85. The van der Waals surface area contributed by atoms with E-state index >= 15 is 0 Å². The van der Waals surface area contributed by atoms with Crippen molar-refractivity contribution < 1.29 is 17.9 Å². The fraction of sp³-hybridized carbons (Fsp3) is 0.417. The zero-order valence-electron chi connectivity index (χ0n) is 11.6. The van der Waals surface area contributed by atoms with E-state index in [0.29, 0.717) is 12.3 Å². The largest absolute Gasteiger partial charge is 0.465 e. The number of anilines is 1. The van der Waals surface area contributed by atoms with E-state index in [1.807, 2.05) is 6.26 Å². The van der Waals surface area contributed by atoms with Gasteiger partial charge in [-0.15, -0.1) is 0 Å². The van der Waals surface area contributed by atoms with Gasteiger partial charge in [0.25, 0.3) is 0 Å². The second kappa shape index (κ2) is 6.96. The van der Waals surface area contributed by atoms with Crippen LogP contribution in [0.5, 0.6) is 0 Å². The maximum Gasteiger partial charge on any atom is 0.337 e. The second-order valence-corrected chi connectivity index (χ2v) is 7.06. The molecule has 0 aliphatic carbocycles. The lowest BCUT2D eigenvalue weighted by Gasteiger charge is -2.18. The van der Waals surface area contributed by atoms with E-state index in [9.17, 15) is 13.2 Å². The highest BCUT2D eigenvalue weighted by Gasteiger charge is 2.23. The number of rotatable bonds is 6. The van der Waals surface area contributed by atoms with Gasteiger partial charge >= 0.3 is 5.97 Å². The van der Waals surface area contributed by atoms with Crippen molar-refractivity contribution in [2.24, 2.45) is 0 Å². The predicted molar refractivity (Wildman–Crippen MR) is 80.4 cm³/mol. The van der Waals surface area contributed by atoms with Gasteiger partial charge in [-0.2, -0.15) is 11.8 Å². The monoisotopic (exact) mass is 318 g/mol. The third-order valence-corrected chi connectivity index (χ3v) is 5.25. The number of sulfonamides is 1. The number of esters is 1. The summed E-state index contributed by atoms with van der Waals surface area (Å²) in [6.45, 7) is 0.391. The van der Waals surface area contributed by atoms with Crippen LogP contribution in [-0.2, 0) is 14.8 Å². The van der Waals surface area contributed by atoms with E-state index in [-0.39, 0.29) is 16.1 Å².